The average Bonchev–Trinajstić information content (AvgIpc) is 3.16. The van der Waals surface area contributed by atoms with Crippen molar-refractivity contribution in [2.45, 2.75) is 6.18 Å². The maximum absolute atomic E-state index is 12.7. The summed E-state index contributed by atoms with van der Waals surface area (Å²) < 4.78 is 44.5. The highest BCUT2D eigenvalue weighted by Gasteiger charge is 2.30. The molecular weight excluding hydrogens is 359 g/mol. The Morgan fingerprint density at radius 2 is 1.85 bits per heavy atom. The first-order valence-corrected chi connectivity index (χ1v) is 7.95. The van der Waals surface area contributed by atoms with Gasteiger partial charge >= 0.3 is 12.1 Å². The van der Waals surface area contributed by atoms with Crippen LogP contribution in [0.15, 0.2) is 55.0 Å². The van der Waals surface area contributed by atoms with Gasteiger partial charge < -0.3 is 14.6 Å². The molecule has 1 aromatic heterocycles. The summed E-state index contributed by atoms with van der Waals surface area (Å²) in [5.74, 6) is -0.470. The number of hydrogen-bond donors (Lipinski definition) is 1. The number of hydrogen-bond acceptors (Lipinski definition) is 4. The summed E-state index contributed by atoms with van der Waals surface area (Å²) >= 11 is 0. The van der Waals surface area contributed by atoms with Gasteiger partial charge in [-0.05, 0) is 30.3 Å². The van der Waals surface area contributed by atoms with Gasteiger partial charge in [0.15, 0.2) is 0 Å². The minimum absolute atomic E-state index is 0.372. The van der Waals surface area contributed by atoms with Crippen LogP contribution in [0.4, 0.5) is 18.9 Å². The summed E-state index contributed by atoms with van der Waals surface area (Å²) in [6.07, 6.45) is -1.17. The van der Waals surface area contributed by atoms with E-state index in [4.69, 9.17) is 4.74 Å². The average molecular weight is 375 g/mol. The molecule has 2 aromatic carbocycles. The van der Waals surface area contributed by atoms with Crippen LogP contribution in [0.3, 0.4) is 0 Å². The zero-order valence-electron chi connectivity index (χ0n) is 14.5. The third kappa shape index (κ3) is 3.79. The van der Waals surface area contributed by atoms with E-state index in [0.29, 0.717) is 22.5 Å². The van der Waals surface area contributed by atoms with Gasteiger partial charge in [-0.3, -0.25) is 0 Å². The summed E-state index contributed by atoms with van der Waals surface area (Å²) in [6.45, 7) is 0. The Morgan fingerprint density at radius 3 is 2.44 bits per heavy atom. The first kappa shape index (κ1) is 18.5. The van der Waals surface area contributed by atoms with Gasteiger partial charge in [-0.1, -0.05) is 12.1 Å². The fraction of sp³-hybridized carbons (Fsp3) is 0.158. The lowest BCUT2D eigenvalue weighted by atomic mass is 10.1. The molecule has 0 unspecified atom stereocenters. The van der Waals surface area contributed by atoms with Gasteiger partial charge in [0, 0.05) is 18.8 Å². The number of carbonyl (C=O) groups excluding carboxylic acids is 1. The molecule has 0 fully saturated rings. The molecule has 0 bridgehead atoms. The Hall–Kier alpha value is -3.29. The normalized spacial score (nSPS) is 11.3. The van der Waals surface area contributed by atoms with E-state index in [1.807, 2.05) is 0 Å². The standard InChI is InChI=1S/C19H16F3N3O2/c1-23-15-8-5-13(18(26)27-2)9-17(15)25-10-16(24-11-25)12-3-6-14(7-4-12)19(20,21)22/h3-11,23H,1-2H3. The van der Waals surface area contributed by atoms with Gasteiger partial charge in [-0.25, -0.2) is 9.78 Å². The molecule has 140 valence electrons. The van der Waals surface area contributed by atoms with E-state index in [1.165, 1.54) is 25.6 Å². The summed E-state index contributed by atoms with van der Waals surface area (Å²) in [7, 11) is 3.04. The maximum atomic E-state index is 12.7. The first-order valence-electron chi connectivity index (χ1n) is 7.95. The smallest absolute Gasteiger partial charge is 0.416 e. The molecule has 0 amide bonds. The number of rotatable bonds is 4. The van der Waals surface area contributed by atoms with Crippen LogP contribution in [0.1, 0.15) is 15.9 Å². The molecule has 0 radical (unpaired) electrons. The first-order chi connectivity index (χ1) is 12.8. The summed E-state index contributed by atoms with van der Waals surface area (Å²) in [5.41, 5.74) is 2.13. The number of methoxy groups -OCH3 is 1. The summed E-state index contributed by atoms with van der Waals surface area (Å²) in [6, 6.07) is 9.80. The Labute approximate surface area is 153 Å². The van der Waals surface area contributed by atoms with E-state index in [2.05, 4.69) is 10.3 Å². The molecule has 0 aliphatic carbocycles. The number of benzene rings is 2. The molecule has 3 aromatic rings. The lowest BCUT2D eigenvalue weighted by Gasteiger charge is -2.11. The van der Waals surface area contributed by atoms with Gasteiger partial charge in [-0.2, -0.15) is 13.2 Å². The van der Waals surface area contributed by atoms with Gasteiger partial charge in [-0.15, -0.1) is 0 Å². The quantitative estimate of drug-likeness (QED) is 0.688. The lowest BCUT2D eigenvalue weighted by Crippen LogP contribution is -2.05. The minimum Gasteiger partial charge on any atom is -0.465 e. The maximum Gasteiger partial charge on any atom is 0.416 e. The number of nitrogens with one attached hydrogen (secondary N) is 1. The number of ether oxygens (including phenoxy) is 1. The number of anilines is 1. The number of esters is 1. The Bertz CT molecular complexity index is 963. The number of aromatic nitrogens is 2. The van der Waals surface area contributed by atoms with E-state index in [9.17, 15) is 18.0 Å². The van der Waals surface area contributed by atoms with Crippen LogP contribution in [0.25, 0.3) is 16.9 Å². The van der Waals surface area contributed by atoms with Crippen LogP contribution in [0.2, 0.25) is 0 Å². The molecule has 0 saturated carbocycles. The fourth-order valence-corrected chi connectivity index (χ4v) is 2.64. The Balaban J connectivity index is 1.97. The third-order valence-electron chi connectivity index (χ3n) is 4.06. The largest absolute Gasteiger partial charge is 0.465 e. The van der Waals surface area contributed by atoms with Crippen molar-refractivity contribution in [3.05, 3.63) is 66.1 Å². The molecule has 0 saturated heterocycles. The van der Waals surface area contributed by atoms with Crippen LogP contribution in [-0.4, -0.2) is 29.7 Å². The number of imidazole rings is 1. The predicted octanol–water partition coefficient (Wildman–Crippen LogP) is 4.39. The van der Waals surface area contributed by atoms with Crippen molar-refractivity contribution in [1.82, 2.24) is 9.55 Å². The fourth-order valence-electron chi connectivity index (χ4n) is 2.64. The van der Waals surface area contributed by atoms with Gasteiger partial charge in [0.25, 0.3) is 0 Å². The van der Waals surface area contributed by atoms with Crippen molar-refractivity contribution in [3.63, 3.8) is 0 Å². The van der Waals surface area contributed by atoms with Gasteiger partial charge in [0.1, 0.15) is 0 Å². The second-order valence-corrected chi connectivity index (χ2v) is 5.71. The Morgan fingerprint density at radius 1 is 1.15 bits per heavy atom. The summed E-state index contributed by atoms with van der Waals surface area (Å²) in [4.78, 5) is 16.0. The monoisotopic (exact) mass is 375 g/mol. The molecule has 5 nitrogen and oxygen atoms in total. The van der Waals surface area contributed by atoms with E-state index < -0.39 is 17.7 Å². The number of carbonyl (C=O) groups is 1. The van der Waals surface area contributed by atoms with Crippen LogP contribution in [0, 0.1) is 0 Å². The van der Waals surface area contributed by atoms with Gasteiger partial charge in [0.2, 0.25) is 0 Å². The van der Waals surface area contributed by atoms with Gasteiger partial charge in [0.05, 0.1) is 41.6 Å². The number of halogens is 3. The highest BCUT2D eigenvalue weighted by Crippen LogP contribution is 2.31. The summed E-state index contributed by atoms with van der Waals surface area (Å²) in [5, 5.41) is 3.03. The molecule has 1 heterocycles. The van der Waals surface area contributed by atoms with E-state index in [0.717, 1.165) is 17.8 Å². The lowest BCUT2D eigenvalue weighted by molar-refractivity contribution is -0.137. The minimum atomic E-state index is -4.38. The highest BCUT2D eigenvalue weighted by molar-refractivity contribution is 5.91. The van der Waals surface area contributed by atoms with E-state index >= 15 is 0 Å². The van der Waals surface area contributed by atoms with Crippen molar-refractivity contribution in [1.29, 1.82) is 0 Å². The molecular formula is C19H16F3N3O2. The zero-order chi connectivity index (χ0) is 19.6. The second-order valence-electron chi connectivity index (χ2n) is 5.71. The van der Waals surface area contributed by atoms with Crippen molar-refractivity contribution < 1.29 is 22.7 Å². The number of nitrogens with zero attached hydrogens (tertiary/aromatic N) is 2. The number of alkyl halides is 3. The topological polar surface area (TPSA) is 56.1 Å². The molecule has 0 aliphatic heterocycles. The van der Waals surface area contributed by atoms with Crippen molar-refractivity contribution in [2.24, 2.45) is 0 Å². The SMILES string of the molecule is CNc1ccc(C(=O)OC)cc1-n1cnc(-c2ccc(C(F)(F)F)cc2)c1. The van der Waals surface area contributed by atoms with E-state index in [1.54, 1.807) is 36.0 Å². The molecule has 0 aliphatic rings. The zero-order valence-corrected chi connectivity index (χ0v) is 14.5. The van der Waals surface area contributed by atoms with Crippen molar-refractivity contribution in [2.75, 3.05) is 19.5 Å². The van der Waals surface area contributed by atoms with Crippen molar-refractivity contribution in [3.8, 4) is 16.9 Å². The second kappa shape index (κ2) is 7.14. The molecule has 1 N–H and O–H groups in total. The van der Waals surface area contributed by atoms with Crippen LogP contribution in [0.5, 0.6) is 0 Å². The van der Waals surface area contributed by atoms with Crippen LogP contribution >= 0.6 is 0 Å². The van der Waals surface area contributed by atoms with Crippen molar-refractivity contribution >= 4 is 11.7 Å². The predicted molar refractivity (Wildman–Crippen MR) is 94.9 cm³/mol. The molecule has 0 spiro atoms. The molecule has 8 heteroatoms. The molecule has 0 atom stereocenters. The van der Waals surface area contributed by atoms with Crippen LogP contribution < -0.4 is 5.32 Å². The van der Waals surface area contributed by atoms with Crippen LogP contribution in [-0.2, 0) is 10.9 Å². The molecule has 3 rings (SSSR count). The highest BCUT2D eigenvalue weighted by atomic mass is 19.4. The molecule has 27 heavy (non-hydrogen) atoms. The Kier molecular flexibility index (Phi) is 4.89. The third-order valence-corrected chi connectivity index (χ3v) is 4.06. The van der Waals surface area contributed by atoms with E-state index in [-0.39, 0.29) is 0 Å².